The highest BCUT2D eigenvalue weighted by molar-refractivity contribution is 6.10. The summed E-state index contributed by atoms with van der Waals surface area (Å²) in [6, 6.07) is 10.2. The summed E-state index contributed by atoms with van der Waals surface area (Å²) in [6.45, 7) is 8.68. The average Bonchev–Trinajstić information content (AvgIpc) is 3.25. The van der Waals surface area contributed by atoms with Crippen molar-refractivity contribution >= 4 is 5.78 Å². The SMILES string of the molecule is CC1=CCC[C@@]2(C)[C@@H](CC[C@@]2(O)CN2CCN(CCO)CC2)c2ccc(cc2C(=O)c2cccc(C(F)(F)F)c2)C[C@@H](O)CC1. The number of halogens is 3. The van der Waals surface area contributed by atoms with Crippen molar-refractivity contribution in [3.8, 4) is 0 Å². The van der Waals surface area contributed by atoms with Crippen LogP contribution < -0.4 is 0 Å². The highest BCUT2D eigenvalue weighted by atomic mass is 19.4. The third-order valence-electron chi connectivity index (χ3n) is 10.7. The Labute approximate surface area is 264 Å². The van der Waals surface area contributed by atoms with Gasteiger partial charge in [-0.05, 0) is 87.1 Å². The summed E-state index contributed by atoms with van der Waals surface area (Å²) >= 11 is 0. The Morgan fingerprint density at radius 2 is 1.76 bits per heavy atom. The van der Waals surface area contributed by atoms with Gasteiger partial charge in [0, 0.05) is 55.8 Å². The highest BCUT2D eigenvalue weighted by Gasteiger charge is 2.57. The Morgan fingerprint density at radius 3 is 2.47 bits per heavy atom. The molecule has 6 nitrogen and oxygen atoms in total. The van der Waals surface area contributed by atoms with E-state index in [4.69, 9.17) is 0 Å². The van der Waals surface area contributed by atoms with Crippen LogP contribution in [0.2, 0.25) is 0 Å². The number of carbonyl (C=O) groups is 1. The average molecular weight is 629 g/mol. The monoisotopic (exact) mass is 628 g/mol. The van der Waals surface area contributed by atoms with Gasteiger partial charge in [0.1, 0.15) is 0 Å². The molecule has 2 aromatic rings. The van der Waals surface area contributed by atoms with E-state index in [2.05, 4.69) is 29.7 Å². The molecule has 2 fully saturated rings. The van der Waals surface area contributed by atoms with Crippen LogP contribution >= 0.6 is 0 Å². The first kappa shape index (κ1) is 33.8. The lowest BCUT2D eigenvalue weighted by Crippen LogP contribution is -2.56. The number of rotatable bonds is 6. The molecule has 45 heavy (non-hydrogen) atoms. The van der Waals surface area contributed by atoms with Crippen molar-refractivity contribution in [2.75, 3.05) is 45.9 Å². The van der Waals surface area contributed by atoms with Crippen molar-refractivity contribution in [2.24, 2.45) is 5.41 Å². The molecule has 4 atom stereocenters. The van der Waals surface area contributed by atoms with Crippen LogP contribution in [0.25, 0.3) is 0 Å². The van der Waals surface area contributed by atoms with Crippen molar-refractivity contribution in [3.63, 3.8) is 0 Å². The number of ketones is 1. The fourth-order valence-electron chi connectivity index (χ4n) is 7.87. The molecule has 1 saturated heterocycles. The van der Waals surface area contributed by atoms with E-state index in [0.717, 1.165) is 62.3 Å². The van der Waals surface area contributed by atoms with Crippen molar-refractivity contribution in [1.29, 1.82) is 0 Å². The summed E-state index contributed by atoms with van der Waals surface area (Å²) in [5.74, 6) is -0.674. The molecule has 0 radical (unpaired) electrons. The van der Waals surface area contributed by atoms with Gasteiger partial charge in [-0.25, -0.2) is 0 Å². The van der Waals surface area contributed by atoms with Crippen molar-refractivity contribution < 1.29 is 33.3 Å². The second kappa shape index (κ2) is 13.7. The smallest absolute Gasteiger partial charge is 0.395 e. The first-order chi connectivity index (χ1) is 21.3. The highest BCUT2D eigenvalue weighted by Crippen LogP contribution is 2.59. The van der Waals surface area contributed by atoms with Crippen LogP contribution in [0.15, 0.2) is 54.1 Å². The molecule has 4 aliphatic rings. The van der Waals surface area contributed by atoms with E-state index in [1.54, 1.807) is 6.07 Å². The van der Waals surface area contributed by atoms with Gasteiger partial charge < -0.3 is 15.3 Å². The largest absolute Gasteiger partial charge is 0.416 e. The molecule has 9 heteroatoms. The summed E-state index contributed by atoms with van der Waals surface area (Å²) < 4.78 is 40.8. The van der Waals surface area contributed by atoms with Crippen LogP contribution in [0.5, 0.6) is 0 Å². The molecule has 246 valence electrons. The molecule has 1 saturated carbocycles. The molecule has 3 aliphatic carbocycles. The van der Waals surface area contributed by atoms with E-state index >= 15 is 0 Å². The van der Waals surface area contributed by atoms with Gasteiger partial charge in [0.15, 0.2) is 5.78 Å². The number of benzene rings is 2. The normalized spacial score (nSPS) is 28.8. The van der Waals surface area contributed by atoms with Crippen molar-refractivity contribution in [2.45, 2.75) is 82.6 Å². The van der Waals surface area contributed by atoms with Crippen LogP contribution in [0.3, 0.4) is 0 Å². The number of β-amino-alcohol motifs (C(OH)–C–C–N with tert-alkyl or cyclic N) is 2. The minimum Gasteiger partial charge on any atom is -0.395 e. The third-order valence-corrected chi connectivity index (χ3v) is 10.7. The standard InChI is InChI=1S/C36H47F3N2O4/c1-25-5-4-13-34(2)32(12-14-35(34,45)24-41-17-15-40(16-18-41)19-20-42)30-11-9-26(21-29(43)10-8-25)22-31(30)33(44)27-6-3-7-28(23-27)36(37,38)39/h3,5-7,9,11,22-23,29,32,42-43,45H,4,8,10,12-21,24H2,1-2H3/t29-,32-,34-,35+/m0/s1. The Balaban J connectivity index is 1.55. The van der Waals surface area contributed by atoms with E-state index < -0.39 is 34.6 Å². The molecule has 1 heterocycles. The second-order valence-electron chi connectivity index (χ2n) is 13.7. The van der Waals surface area contributed by atoms with E-state index in [-0.39, 0.29) is 18.1 Å². The predicted octanol–water partition coefficient (Wildman–Crippen LogP) is 5.58. The lowest BCUT2D eigenvalue weighted by atomic mass is 9.64. The van der Waals surface area contributed by atoms with Gasteiger partial charge in [0.2, 0.25) is 0 Å². The number of hydrogen-bond donors (Lipinski definition) is 3. The van der Waals surface area contributed by atoms with Crippen LogP contribution in [0.4, 0.5) is 13.2 Å². The zero-order chi connectivity index (χ0) is 32.4. The Hall–Kier alpha value is -2.56. The number of piperazine rings is 1. The molecule has 3 N–H and O–H groups in total. The van der Waals surface area contributed by atoms with Crippen LogP contribution in [0, 0.1) is 5.41 Å². The molecule has 2 bridgehead atoms. The number of nitrogens with zero attached hydrogens (tertiary/aromatic N) is 2. The molecule has 6 rings (SSSR count). The topological polar surface area (TPSA) is 84.2 Å². The van der Waals surface area contributed by atoms with Gasteiger partial charge in [-0.3, -0.25) is 14.6 Å². The lowest BCUT2D eigenvalue weighted by Gasteiger charge is -2.47. The van der Waals surface area contributed by atoms with Crippen LogP contribution in [0.1, 0.15) is 90.9 Å². The van der Waals surface area contributed by atoms with Crippen LogP contribution in [-0.2, 0) is 12.6 Å². The number of aliphatic hydroxyl groups is 3. The van der Waals surface area contributed by atoms with E-state index in [0.29, 0.717) is 50.8 Å². The molecule has 1 aliphatic heterocycles. The molecule has 0 aromatic heterocycles. The van der Waals surface area contributed by atoms with Crippen LogP contribution in [-0.4, -0.2) is 88.5 Å². The number of aliphatic hydroxyl groups excluding tert-OH is 2. The predicted molar refractivity (Wildman–Crippen MR) is 168 cm³/mol. The van der Waals surface area contributed by atoms with Gasteiger partial charge in [0.05, 0.1) is 23.9 Å². The minimum atomic E-state index is -4.57. The number of alkyl halides is 3. The summed E-state index contributed by atoms with van der Waals surface area (Å²) in [5, 5.41) is 32.7. The Bertz CT molecular complexity index is 1390. The lowest BCUT2D eigenvalue weighted by molar-refractivity contribution is -0.137. The van der Waals surface area contributed by atoms with E-state index in [1.807, 2.05) is 12.1 Å². The maximum Gasteiger partial charge on any atom is 0.416 e. The number of allylic oxidation sites excluding steroid dienone is 2. The minimum absolute atomic E-state index is 0.0286. The first-order valence-corrected chi connectivity index (χ1v) is 16.3. The van der Waals surface area contributed by atoms with Gasteiger partial charge in [-0.15, -0.1) is 0 Å². The molecule has 0 amide bonds. The van der Waals surface area contributed by atoms with Gasteiger partial charge in [-0.2, -0.15) is 13.2 Å². The molecule has 2 aromatic carbocycles. The quantitative estimate of drug-likeness (QED) is 0.286. The summed E-state index contributed by atoms with van der Waals surface area (Å²) in [7, 11) is 0. The van der Waals surface area contributed by atoms with Crippen molar-refractivity contribution in [1.82, 2.24) is 9.80 Å². The zero-order valence-electron chi connectivity index (χ0n) is 26.5. The number of fused-ring (bicyclic) bond motifs is 8. The fraction of sp³-hybridized carbons (Fsp3) is 0.583. The van der Waals surface area contributed by atoms with Gasteiger partial charge in [-0.1, -0.05) is 42.8 Å². The molecule has 0 unspecified atom stereocenters. The Kier molecular flexibility index (Phi) is 10.3. The van der Waals surface area contributed by atoms with Gasteiger partial charge >= 0.3 is 6.18 Å². The zero-order valence-corrected chi connectivity index (χ0v) is 26.5. The summed E-state index contributed by atoms with van der Waals surface area (Å²) in [4.78, 5) is 18.6. The van der Waals surface area contributed by atoms with E-state index in [9.17, 15) is 33.3 Å². The summed E-state index contributed by atoms with van der Waals surface area (Å²) in [5.41, 5.74) is 0.504. The van der Waals surface area contributed by atoms with Gasteiger partial charge in [0.25, 0.3) is 0 Å². The van der Waals surface area contributed by atoms with Crippen molar-refractivity contribution in [3.05, 3.63) is 81.9 Å². The Morgan fingerprint density at radius 1 is 1.02 bits per heavy atom. The number of hydrogen-bond acceptors (Lipinski definition) is 6. The van der Waals surface area contributed by atoms with E-state index in [1.165, 1.54) is 17.7 Å². The maximum absolute atomic E-state index is 14.1. The molecular formula is C36H47F3N2O4. The number of carbonyl (C=O) groups excluding carboxylic acids is 1. The maximum atomic E-state index is 14.1. The fourth-order valence-corrected chi connectivity index (χ4v) is 7.87. The third kappa shape index (κ3) is 7.38. The molecule has 0 spiro atoms. The summed E-state index contributed by atoms with van der Waals surface area (Å²) in [6.07, 6.45) is 1.25. The molecular weight excluding hydrogens is 581 g/mol. The second-order valence-corrected chi connectivity index (χ2v) is 13.7. The first-order valence-electron chi connectivity index (χ1n) is 16.3.